The molecule has 0 aliphatic rings. The fraction of sp³-hybridized carbons (Fsp3) is 0.417. The molecule has 0 aliphatic carbocycles. The van der Waals surface area contributed by atoms with Gasteiger partial charge in [-0.1, -0.05) is 30.3 Å². The van der Waals surface area contributed by atoms with Gasteiger partial charge in [-0.25, -0.2) is 0 Å². The van der Waals surface area contributed by atoms with Crippen LogP contribution in [0, 0.1) is 0 Å². The predicted octanol–water partition coefficient (Wildman–Crippen LogP) is 1.03. The summed E-state index contributed by atoms with van der Waals surface area (Å²) in [5.74, 6) is -0.479. The van der Waals surface area contributed by atoms with E-state index in [0.717, 1.165) is 5.56 Å². The van der Waals surface area contributed by atoms with E-state index < -0.39 is 18.2 Å². The summed E-state index contributed by atoms with van der Waals surface area (Å²) in [7, 11) is 1.27. The molecule has 1 aromatic rings. The third-order valence-corrected chi connectivity index (χ3v) is 2.31. The quantitative estimate of drug-likeness (QED) is 0.733. The van der Waals surface area contributed by atoms with E-state index in [0.29, 0.717) is 0 Å². The van der Waals surface area contributed by atoms with Gasteiger partial charge in [0.15, 0.2) is 0 Å². The van der Waals surface area contributed by atoms with Gasteiger partial charge in [0.05, 0.1) is 25.7 Å². The Morgan fingerprint density at radius 3 is 2.50 bits per heavy atom. The number of aliphatic hydroxyl groups is 2. The Hall–Kier alpha value is -1.39. The molecule has 4 nitrogen and oxygen atoms in total. The van der Waals surface area contributed by atoms with E-state index in [-0.39, 0.29) is 12.8 Å². The summed E-state index contributed by atoms with van der Waals surface area (Å²) in [6, 6.07) is 9.02. The van der Waals surface area contributed by atoms with Crippen LogP contribution in [-0.4, -0.2) is 29.4 Å². The molecule has 1 aromatic carbocycles. The third kappa shape index (κ3) is 4.00. The van der Waals surface area contributed by atoms with Crippen LogP contribution in [0.15, 0.2) is 30.3 Å². The van der Waals surface area contributed by atoms with Crippen molar-refractivity contribution in [1.82, 2.24) is 0 Å². The smallest absolute Gasteiger partial charge is 0.308 e. The standard InChI is InChI=1S/C12H16O4/c1-16-12(15)8-10(13)7-11(14)9-5-3-2-4-6-9/h2-6,10-11,13-14H,7-8H2,1H3/t10?,11-/m1/s1. The van der Waals surface area contributed by atoms with Crippen molar-refractivity contribution in [3.63, 3.8) is 0 Å². The van der Waals surface area contributed by atoms with Gasteiger partial charge in [0.2, 0.25) is 0 Å². The Morgan fingerprint density at radius 1 is 1.31 bits per heavy atom. The molecule has 0 saturated carbocycles. The maximum absolute atomic E-state index is 10.9. The molecule has 0 spiro atoms. The molecule has 16 heavy (non-hydrogen) atoms. The number of ether oxygens (including phenoxy) is 1. The van der Waals surface area contributed by atoms with Gasteiger partial charge in [-0.3, -0.25) is 4.79 Å². The number of esters is 1. The largest absolute Gasteiger partial charge is 0.469 e. The maximum atomic E-state index is 10.9. The van der Waals surface area contributed by atoms with E-state index >= 15 is 0 Å². The minimum atomic E-state index is -0.886. The Kier molecular flexibility index (Phi) is 4.95. The third-order valence-electron chi connectivity index (χ3n) is 2.31. The molecule has 1 rings (SSSR count). The average molecular weight is 224 g/mol. The summed E-state index contributed by atoms with van der Waals surface area (Å²) in [4.78, 5) is 10.9. The molecular formula is C12H16O4. The lowest BCUT2D eigenvalue weighted by Gasteiger charge is -2.14. The van der Waals surface area contributed by atoms with E-state index in [1.54, 1.807) is 12.1 Å². The second-order valence-corrected chi connectivity index (χ2v) is 3.60. The molecule has 0 heterocycles. The van der Waals surface area contributed by atoms with Crippen molar-refractivity contribution in [3.8, 4) is 0 Å². The molecule has 0 aromatic heterocycles. The van der Waals surface area contributed by atoms with Crippen molar-refractivity contribution >= 4 is 5.97 Å². The molecule has 1 unspecified atom stereocenters. The van der Waals surface area contributed by atoms with Gasteiger partial charge < -0.3 is 14.9 Å². The van der Waals surface area contributed by atoms with Crippen LogP contribution in [0.5, 0.6) is 0 Å². The monoisotopic (exact) mass is 224 g/mol. The first-order valence-corrected chi connectivity index (χ1v) is 5.11. The highest BCUT2D eigenvalue weighted by Crippen LogP contribution is 2.19. The van der Waals surface area contributed by atoms with Gasteiger partial charge in [-0.05, 0) is 5.56 Å². The highest BCUT2D eigenvalue weighted by molar-refractivity contribution is 5.69. The number of aliphatic hydroxyl groups excluding tert-OH is 2. The minimum Gasteiger partial charge on any atom is -0.469 e. The average Bonchev–Trinajstić information content (AvgIpc) is 2.29. The molecular weight excluding hydrogens is 208 g/mol. The SMILES string of the molecule is COC(=O)CC(O)C[C@@H](O)c1ccccc1. The Morgan fingerprint density at radius 2 is 1.94 bits per heavy atom. The van der Waals surface area contributed by atoms with Gasteiger partial charge in [0.1, 0.15) is 0 Å². The van der Waals surface area contributed by atoms with E-state index in [9.17, 15) is 15.0 Å². The van der Waals surface area contributed by atoms with Crippen LogP contribution in [0.3, 0.4) is 0 Å². The fourth-order valence-corrected chi connectivity index (χ4v) is 1.43. The topological polar surface area (TPSA) is 66.8 Å². The molecule has 0 amide bonds. The lowest BCUT2D eigenvalue weighted by atomic mass is 10.0. The van der Waals surface area contributed by atoms with Crippen molar-refractivity contribution in [1.29, 1.82) is 0 Å². The molecule has 0 bridgehead atoms. The first kappa shape index (κ1) is 12.7. The Bertz CT molecular complexity index is 323. The summed E-state index contributed by atoms with van der Waals surface area (Å²) in [6.45, 7) is 0. The first-order valence-electron chi connectivity index (χ1n) is 5.11. The van der Waals surface area contributed by atoms with Gasteiger partial charge >= 0.3 is 5.97 Å². The van der Waals surface area contributed by atoms with E-state index in [4.69, 9.17) is 0 Å². The number of carbonyl (C=O) groups is 1. The summed E-state index contributed by atoms with van der Waals surface area (Å²) in [5, 5.41) is 19.3. The van der Waals surface area contributed by atoms with Crippen molar-refractivity contribution in [2.45, 2.75) is 25.0 Å². The molecule has 4 heteroatoms. The number of methoxy groups -OCH3 is 1. The summed E-state index contributed by atoms with van der Waals surface area (Å²) >= 11 is 0. The second-order valence-electron chi connectivity index (χ2n) is 3.60. The summed E-state index contributed by atoms with van der Waals surface area (Å²) < 4.78 is 4.43. The zero-order valence-corrected chi connectivity index (χ0v) is 9.17. The van der Waals surface area contributed by atoms with Crippen molar-refractivity contribution < 1.29 is 19.7 Å². The van der Waals surface area contributed by atoms with E-state index in [2.05, 4.69) is 4.74 Å². The molecule has 0 radical (unpaired) electrons. The van der Waals surface area contributed by atoms with Crippen LogP contribution in [0.1, 0.15) is 24.5 Å². The van der Waals surface area contributed by atoms with Crippen LogP contribution in [-0.2, 0) is 9.53 Å². The maximum Gasteiger partial charge on any atom is 0.308 e. The number of hydrogen-bond donors (Lipinski definition) is 2. The fourth-order valence-electron chi connectivity index (χ4n) is 1.43. The van der Waals surface area contributed by atoms with Crippen molar-refractivity contribution in [2.75, 3.05) is 7.11 Å². The highest BCUT2D eigenvalue weighted by Gasteiger charge is 2.16. The first-order chi connectivity index (χ1) is 7.63. The number of benzene rings is 1. The summed E-state index contributed by atoms with van der Waals surface area (Å²) in [5.41, 5.74) is 0.728. The lowest BCUT2D eigenvalue weighted by Crippen LogP contribution is -2.17. The minimum absolute atomic E-state index is 0.0968. The van der Waals surface area contributed by atoms with Crippen LogP contribution in [0.25, 0.3) is 0 Å². The van der Waals surface area contributed by atoms with Crippen molar-refractivity contribution in [2.24, 2.45) is 0 Å². The Balaban J connectivity index is 2.45. The van der Waals surface area contributed by atoms with Gasteiger partial charge in [0.25, 0.3) is 0 Å². The van der Waals surface area contributed by atoms with Crippen LogP contribution >= 0.6 is 0 Å². The second kappa shape index (κ2) is 6.25. The molecule has 2 atom stereocenters. The highest BCUT2D eigenvalue weighted by atomic mass is 16.5. The normalized spacial score (nSPS) is 14.2. The van der Waals surface area contributed by atoms with Gasteiger partial charge in [-0.2, -0.15) is 0 Å². The number of carbonyl (C=O) groups excluding carboxylic acids is 1. The van der Waals surface area contributed by atoms with Crippen molar-refractivity contribution in [3.05, 3.63) is 35.9 Å². The van der Waals surface area contributed by atoms with Crippen LogP contribution < -0.4 is 0 Å². The number of hydrogen-bond acceptors (Lipinski definition) is 4. The van der Waals surface area contributed by atoms with E-state index in [1.165, 1.54) is 7.11 Å². The lowest BCUT2D eigenvalue weighted by molar-refractivity contribution is -0.143. The molecule has 88 valence electrons. The summed E-state index contributed by atoms with van der Waals surface area (Å²) in [6.07, 6.45) is -1.62. The number of rotatable bonds is 5. The van der Waals surface area contributed by atoms with Crippen LogP contribution in [0.4, 0.5) is 0 Å². The van der Waals surface area contributed by atoms with Crippen LogP contribution in [0.2, 0.25) is 0 Å². The van der Waals surface area contributed by atoms with Gasteiger partial charge in [0, 0.05) is 6.42 Å². The zero-order valence-electron chi connectivity index (χ0n) is 9.17. The Labute approximate surface area is 94.5 Å². The molecule has 2 N–H and O–H groups in total. The van der Waals surface area contributed by atoms with E-state index in [1.807, 2.05) is 18.2 Å². The molecule has 0 fully saturated rings. The molecule has 0 aliphatic heterocycles. The molecule has 0 saturated heterocycles. The van der Waals surface area contributed by atoms with Gasteiger partial charge in [-0.15, -0.1) is 0 Å². The predicted molar refractivity (Wildman–Crippen MR) is 58.7 cm³/mol. The zero-order chi connectivity index (χ0) is 12.0.